The van der Waals surface area contributed by atoms with E-state index in [1.165, 1.54) is 81.9 Å². The fraction of sp³-hybridized carbons (Fsp3) is 0.0323. The molecule has 0 aliphatic heterocycles. The van der Waals surface area contributed by atoms with Crippen LogP contribution in [0.15, 0.2) is 216 Å². The van der Waals surface area contributed by atoms with Crippen LogP contribution in [0, 0.1) is 23.3 Å². The Labute approximate surface area is 390 Å². The first-order chi connectivity index (χ1) is 32.8. The van der Waals surface area contributed by atoms with E-state index in [2.05, 4.69) is 109 Å². The molecular weight excluding hydrogens is 853 g/mol. The summed E-state index contributed by atoms with van der Waals surface area (Å²) < 4.78 is 57.6. The van der Waals surface area contributed by atoms with E-state index in [0.717, 1.165) is 101 Å². The Kier molecular flexibility index (Phi) is 10.1. The van der Waals surface area contributed by atoms with Crippen molar-refractivity contribution in [1.29, 1.82) is 0 Å². The van der Waals surface area contributed by atoms with Gasteiger partial charge in [-0.25, -0.2) is 17.6 Å². The second kappa shape index (κ2) is 16.6. The van der Waals surface area contributed by atoms with Gasteiger partial charge in [-0.1, -0.05) is 133 Å². The molecule has 67 heavy (non-hydrogen) atoms. The number of rotatable bonds is 8. The highest BCUT2D eigenvalue weighted by atomic mass is 32.2. The average Bonchev–Trinajstić information content (AvgIpc) is 3.93. The fourth-order valence-corrected chi connectivity index (χ4v) is 11.1. The fourth-order valence-electron chi connectivity index (χ4n) is 10.3. The molecule has 0 heterocycles. The Morgan fingerprint density at radius 3 is 0.925 bits per heavy atom. The van der Waals surface area contributed by atoms with Crippen molar-refractivity contribution in [3.63, 3.8) is 0 Å². The van der Waals surface area contributed by atoms with E-state index < -0.39 is 0 Å². The Hall–Kier alpha value is -7.73. The van der Waals surface area contributed by atoms with Gasteiger partial charge in [0.15, 0.2) is 0 Å². The van der Waals surface area contributed by atoms with E-state index in [1.54, 1.807) is 11.8 Å². The lowest BCUT2D eigenvalue weighted by atomic mass is 9.82. The lowest BCUT2D eigenvalue weighted by Crippen LogP contribution is -1.97. The molecule has 10 aromatic carbocycles. The number of benzene rings is 10. The molecule has 2 aliphatic rings. The third-order valence-corrected chi connectivity index (χ3v) is 14.3. The molecule has 0 saturated heterocycles. The van der Waals surface area contributed by atoms with Crippen molar-refractivity contribution >= 4 is 11.8 Å². The van der Waals surface area contributed by atoms with Crippen LogP contribution in [0.5, 0.6) is 0 Å². The highest BCUT2D eigenvalue weighted by Crippen LogP contribution is 2.53. The van der Waals surface area contributed by atoms with Crippen molar-refractivity contribution < 1.29 is 17.6 Å². The van der Waals surface area contributed by atoms with Crippen LogP contribution in [0.4, 0.5) is 17.6 Å². The van der Waals surface area contributed by atoms with Crippen LogP contribution in [0.2, 0.25) is 0 Å². The molecule has 0 amide bonds. The van der Waals surface area contributed by atoms with Crippen LogP contribution in [0.3, 0.4) is 0 Å². The molecule has 0 unspecified atom stereocenters. The summed E-state index contributed by atoms with van der Waals surface area (Å²) in [6.45, 7) is 0. The summed E-state index contributed by atoms with van der Waals surface area (Å²) in [7, 11) is 0. The molecule has 12 rings (SSSR count). The van der Waals surface area contributed by atoms with E-state index in [4.69, 9.17) is 0 Å². The van der Waals surface area contributed by atoms with Gasteiger partial charge >= 0.3 is 0 Å². The van der Waals surface area contributed by atoms with Crippen molar-refractivity contribution in [2.24, 2.45) is 0 Å². The number of halogens is 4. The van der Waals surface area contributed by atoms with Gasteiger partial charge in [-0.2, -0.15) is 0 Å². The first-order valence-electron chi connectivity index (χ1n) is 22.3. The molecular formula is C62H38F4S. The third-order valence-electron chi connectivity index (χ3n) is 13.3. The molecule has 10 aromatic rings. The molecule has 0 bridgehead atoms. The zero-order chi connectivity index (χ0) is 45.2. The van der Waals surface area contributed by atoms with E-state index in [-0.39, 0.29) is 23.3 Å². The first kappa shape index (κ1) is 40.8. The Bertz CT molecular complexity index is 3280. The molecule has 0 aromatic heterocycles. The van der Waals surface area contributed by atoms with Crippen molar-refractivity contribution in [1.82, 2.24) is 0 Å². The zero-order valence-electron chi connectivity index (χ0n) is 36.0. The summed E-state index contributed by atoms with van der Waals surface area (Å²) in [5, 5.41) is 0. The van der Waals surface area contributed by atoms with Crippen molar-refractivity contribution in [3.8, 4) is 89.0 Å². The van der Waals surface area contributed by atoms with Gasteiger partial charge in [0.1, 0.15) is 23.3 Å². The third kappa shape index (κ3) is 7.37. The van der Waals surface area contributed by atoms with Crippen molar-refractivity contribution in [2.45, 2.75) is 22.6 Å². The van der Waals surface area contributed by atoms with E-state index in [9.17, 15) is 17.6 Å². The van der Waals surface area contributed by atoms with Crippen LogP contribution in [0.1, 0.15) is 22.3 Å². The summed E-state index contributed by atoms with van der Waals surface area (Å²) in [4.78, 5) is 2.13. The standard InChI is InChI=1S/C62H38F4S/c63-45-21-9-37(10-22-45)53-35-55-51-7-3-1-5-43(51)33-57(55)61(59(53)39-13-25-47(65)26-14-39)41-17-29-49(30-18-41)67-50-31-19-42(20-32-50)62-58-34-44-6-2-4-8-52(44)56(58)36-54(38-11-23-46(64)24-12-38)60(62)40-15-27-48(66)28-16-40/h1-32,35-36H,33-34H2. The van der Waals surface area contributed by atoms with Crippen LogP contribution >= 0.6 is 11.8 Å². The molecule has 0 atom stereocenters. The van der Waals surface area contributed by atoms with Gasteiger partial charge in [0, 0.05) is 9.79 Å². The second-order valence-electron chi connectivity index (χ2n) is 17.2. The molecule has 0 spiro atoms. The lowest BCUT2D eigenvalue weighted by molar-refractivity contribution is 0.627. The van der Waals surface area contributed by atoms with Gasteiger partial charge in [-0.05, 0) is 209 Å². The normalized spacial score (nSPS) is 12.1. The van der Waals surface area contributed by atoms with Gasteiger partial charge < -0.3 is 0 Å². The summed E-state index contributed by atoms with van der Waals surface area (Å²) in [6, 6.07) is 65.3. The maximum absolute atomic E-state index is 14.5. The van der Waals surface area contributed by atoms with Gasteiger partial charge in [0.05, 0.1) is 0 Å². The number of fused-ring (bicyclic) bond motifs is 6. The van der Waals surface area contributed by atoms with Crippen LogP contribution in [-0.4, -0.2) is 0 Å². The maximum Gasteiger partial charge on any atom is 0.123 e. The van der Waals surface area contributed by atoms with Crippen molar-refractivity contribution in [3.05, 3.63) is 252 Å². The summed E-state index contributed by atoms with van der Waals surface area (Å²) in [6.07, 6.45) is 1.51. The minimum Gasteiger partial charge on any atom is -0.207 e. The Morgan fingerprint density at radius 2 is 0.567 bits per heavy atom. The number of hydrogen-bond acceptors (Lipinski definition) is 1. The van der Waals surface area contributed by atoms with Gasteiger partial charge in [0.2, 0.25) is 0 Å². The van der Waals surface area contributed by atoms with Gasteiger partial charge in [-0.15, -0.1) is 0 Å². The highest BCUT2D eigenvalue weighted by Gasteiger charge is 2.29. The predicted molar refractivity (Wildman–Crippen MR) is 266 cm³/mol. The lowest BCUT2D eigenvalue weighted by Gasteiger charge is -2.21. The van der Waals surface area contributed by atoms with Gasteiger partial charge in [0.25, 0.3) is 0 Å². The minimum atomic E-state index is -0.307. The highest BCUT2D eigenvalue weighted by molar-refractivity contribution is 7.99. The van der Waals surface area contributed by atoms with Gasteiger partial charge in [-0.3, -0.25) is 0 Å². The largest absolute Gasteiger partial charge is 0.207 e. The average molecular weight is 891 g/mol. The van der Waals surface area contributed by atoms with E-state index >= 15 is 0 Å². The molecule has 0 fully saturated rings. The van der Waals surface area contributed by atoms with Crippen LogP contribution < -0.4 is 0 Å². The monoisotopic (exact) mass is 890 g/mol. The molecule has 320 valence electrons. The van der Waals surface area contributed by atoms with Crippen LogP contribution in [0.25, 0.3) is 89.0 Å². The minimum absolute atomic E-state index is 0.304. The molecule has 0 saturated carbocycles. The predicted octanol–water partition coefficient (Wildman–Crippen LogP) is 17.5. The summed E-state index contributed by atoms with van der Waals surface area (Å²) in [5.74, 6) is -1.22. The quantitative estimate of drug-likeness (QED) is 0.137. The van der Waals surface area contributed by atoms with E-state index in [1.807, 2.05) is 48.5 Å². The second-order valence-corrected chi connectivity index (χ2v) is 18.4. The topological polar surface area (TPSA) is 0 Å². The zero-order valence-corrected chi connectivity index (χ0v) is 36.8. The maximum atomic E-state index is 14.5. The van der Waals surface area contributed by atoms with Crippen molar-refractivity contribution in [2.75, 3.05) is 0 Å². The SMILES string of the molecule is Fc1ccc(-c2cc3c(c(-c4ccc(Sc5ccc(-c6c7c(cc(-c8ccc(F)cc8)c6-c6ccc(F)cc6)-c6ccccc6C7)cc5)cc4)c2-c2ccc(F)cc2)Cc2ccccc2-3)cc1. The molecule has 2 aliphatic carbocycles. The van der Waals surface area contributed by atoms with E-state index in [0.29, 0.717) is 0 Å². The molecule has 0 nitrogen and oxygen atoms in total. The Balaban J connectivity index is 0.948. The molecule has 0 radical (unpaired) electrons. The summed E-state index contributed by atoms with van der Waals surface area (Å²) >= 11 is 1.68. The Morgan fingerprint density at radius 1 is 0.269 bits per heavy atom. The smallest absolute Gasteiger partial charge is 0.123 e. The number of hydrogen-bond donors (Lipinski definition) is 0. The van der Waals surface area contributed by atoms with Crippen LogP contribution in [-0.2, 0) is 12.8 Å². The first-order valence-corrected chi connectivity index (χ1v) is 23.1. The summed E-state index contributed by atoms with van der Waals surface area (Å²) in [5.41, 5.74) is 21.2. The molecule has 5 heteroatoms. The molecule has 0 N–H and O–H groups in total.